The molecular weight excluding hydrogens is 204 g/mol. The van der Waals surface area contributed by atoms with Crippen LogP contribution in [0.2, 0.25) is 0 Å². The average molecular weight is 226 g/mol. The van der Waals surface area contributed by atoms with Crippen molar-refractivity contribution < 1.29 is 9.53 Å². The van der Waals surface area contributed by atoms with Crippen molar-refractivity contribution in [3.63, 3.8) is 0 Å². The first-order chi connectivity index (χ1) is 7.13. The number of nitrogens with zero attached hydrogens (tertiary/aromatic N) is 2. The quantitative estimate of drug-likeness (QED) is 0.693. The van der Waals surface area contributed by atoms with Gasteiger partial charge in [0.25, 0.3) is 0 Å². The maximum atomic E-state index is 11.6. The number of amides is 1. The Hall–Kier alpha value is -1.45. The summed E-state index contributed by atoms with van der Waals surface area (Å²) in [7, 11) is 5.44. The zero-order valence-corrected chi connectivity index (χ0v) is 11.1. The summed E-state index contributed by atoms with van der Waals surface area (Å²) in [5.41, 5.74) is 0.0969. The minimum Gasteiger partial charge on any atom is -0.443 e. The van der Waals surface area contributed by atoms with E-state index >= 15 is 0 Å². The van der Waals surface area contributed by atoms with E-state index in [4.69, 9.17) is 4.74 Å². The summed E-state index contributed by atoms with van der Waals surface area (Å²) in [5.74, 6) is 0. The van der Waals surface area contributed by atoms with Crippen LogP contribution in [0.4, 0.5) is 4.79 Å². The summed E-state index contributed by atoms with van der Waals surface area (Å²) < 4.78 is 5.21. The van der Waals surface area contributed by atoms with Gasteiger partial charge < -0.3 is 9.64 Å². The third kappa shape index (κ3) is 6.11. The summed E-state index contributed by atoms with van der Waals surface area (Å²) in [4.78, 5) is 14.9. The smallest absolute Gasteiger partial charge is 0.414 e. The first kappa shape index (κ1) is 14.6. The maximum Gasteiger partial charge on any atom is 0.414 e. The molecule has 0 aromatic rings. The Morgan fingerprint density at radius 1 is 1.25 bits per heavy atom. The van der Waals surface area contributed by atoms with Gasteiger partial charge in [-0.1, -0.05) is 6.58 Å². The van der Waals surface area contributed by atoms with E-state index in [1.807, 2.05) is 46.0 Å². The van der Waals surface area contributed by atoms with Gasteiger partial charge in [0, 0.05) is 33.0 Å². The Morgan fingerprint density at radius 3 is 2.12 bits per heavy atom. The molecule has 0 rings (SSSR count). The molecule has 0 unspecified atom stereocenters. The lowest BCUT2D eigenvalue weighted by Gasteiger charge is -2.24. The van der Waals surface area contributed by atoms with E-state index < -0.39 is 11.7 Å². The van der Waals surface area contributed by atoms with Crippen LogP contribution in [-0.2, 0) is 4.74 Å². The summed E-state index contributed by atoms with van der Waals surface area (Å²) in [5, 5.41) is 0. The molecule has 4 nitrogen and oxygen atoms in total. The van der Waals surface area contributed by atoms with E-state index in [0.29, 0.717) is 5.70 Å². The number of hydrogen-bond donors (Lipinski definition) is 0. The van der Waals surface area contributed by atoms with Crippen molar-refractivity contribution in [3.05, 3.63) is 24.6 Å². The summed E-state index contributed by atoms with van der Waals surface area (Å²) >= 11 is 0. The Balaban J connectivity index is 4.39. The SMILES string of the molecule is C=C(/C=C\N(C)C)N(C)C(=O)OC(C)(C)C. The molecule has 16 heavy (non-hydrogen) atoms. The summed E-state index contributed by atoms with van der Waals surface area (Å²) in [6.45, 7) is 9.28. The van der Waals surface area contributed by atoms with Crippen molar-refractivity contribution in [2.45, 2.75) is 26.4 Å². The molecule has 0 radical (unpaired) electrons. The van der Waals surface area contributed by atoms with Gasteiger partial charge in [0.05, 0.1) is 0 Å². The highest BCUT2D eigenvalue weighted by atomic mass is 16.6. The second kappa shape index (κ2) is 5.58. The Morgan fingerprint density at radius 2 is 1.75 bits per heavy atom. The van der Waals surface area contributed by atoms with Crippen molar-refractivity contribution in [1.29, 1.82) is 0 Å². The third-order valence-electron chi connectivity index (χ3n) is 1.66. The lowest BCUT2D eigenvalue weighted by Crippen LogP contribution is -2.33. The predicted octanol–water partition coefficient (Wildman–Crippen LogP) is 2.44. The molecule has 0 saturated carbocycles. The number of rotatable bonds is 3. The second-order valence-corrected chi connectivity index (χ2v) is 4.81. The van der Waals surface area contributed by atoms with Crippen molar-refractivity contribution in [1.82, 2.24) is 9.80 Å². The molecule has 0 aliphatic heterocycles. The van der Waals surface area contributed by atoms with E-state index in [0.717, 1.165) is 0 Å². The molecule has 4 heteroatoms. The van der Waals surface area contributed by atoms with Crippen LogP contribution in [0.1, 0.15) is 20.8 Å². The van der Waals surface area contributed by atoms with Crippen LogP contribution in [0.5, 0.6) is 0 Å². The molecule has 0 aromatic heterocycles. The molecule has 0 aliphatic rings. The Bertz CT molecular complexity index is 288. The molecule has 0 bridgehead atoms. The van der Waals surface area contributed by atoms with Gasteiger partial charge in [-0.2, -0.15) is 0 Å². The van der Waals surface area contributed by atoms with Crippen LogP contribution in [0.15, 0.2) is 24.6 Å². The van der Waals surface area contributed by atoms with E-state index in [2.05, 4.69) is 6.58 Å². The first-order valence-corrected chi connectivity index (χ1v) is 5.13. The number of hydrogen-bond acceptors (Lipinski definition) is 3. The van der Waals surface area contributed by atoms with E-state index in [1.165, 1.54) is 4.90 Å². The lowest BCUT2D eigenvalue weighted by atomic mass is 10.2. The van der Waals surface area contributed by atoms with Gasteiger partial charge in [-0.3, -0.25) is 4.90 Å². The Kier molecular flexibility index (Phi) is 5.08. The second-order valence-electron chi connectivity index (χ2n) is 4.81. The molecule has 0 atom stereocenters. The van der Waals surface area contributed by atoms with Crippen molar-refractivity contribution in [3.8, 4) is 0 Å². The van der Waals surface area contributed by atoms with Gasteiger partial charge in [-0.05, 0) is 26.8 Å². The Labute approximate surface area is 98.2 Å². The lowest BCUT2D eigenvalue weighted by molar-refractivity contribution is 0.0359. The minimum absolute atomic E-state index is 0.402. The van der Waals surface area contributed by atoms with Crippen LogP contribution >= 0.6 is 0 Å². The van der Waals surface area contributed by atoms with Gasteiger partial charge in [0.1, 0.15) is 5.60 Å². The zero-order valence-electron chi connectivity index (χ0n) is 11.1. The van der Waals surface area contributed by atoms with Crippen molar-refractivity contribution in [2.75, 3.05) is 21.1 Å². The molecule has 0 aromatic carbocycles. The molecule has 0 fully saturated rings. The highest BCUT2D eigenvalue weighted by molar-refractivity contribution is 5.70. The molecule has 1 amide bonds. The van der Waals surface area contributed by atoms with Crippen LogP contribution in [0, 0.1) is 0 Å². The molecule has 0 spiro atoms. The van der Waals surface area contributed by atoms with Crippen LogP contribution in [0.25, 0.3) is 0 Å². The molecule has 0 aliphatic carbocycles. The number of likely N-dealkylation sites (N-methyl/N-ethyl adjacent to an activating group) is 1. The van der Waals surface area contributed by atoms with E-state index in [1.54, 1.807) is 13.1 Å². The number of allylic oxidation sites excluding steroid dienone is 1. The van der Waals surface area contributed by atoms with Crippen LogP contribution in [0.3, 0.4) is 0 Å². The van der Waals surface area contributed by atoms with Crippen LogP contribution < -0.4 is 0 Å². The fourth-order valence-electron chi connectivity index (χ4n) is 0.795. The van der Waals surface area contributed by atoms with Gasteiger partial charge in [-0.15, -0.1) is 0 Å². The molecule has 0 saturated heterocycles. The van der Waals surface area contributed by atoms with E-state index in [9.17, 15) is 4.79 Å². The number of carbonyl (C=O) groups excluding carboxylic acids is 1. The summed E-state index contributed by atoms with van der Waals surface area (Å²) in [6, 6.07) is 0. The first-order valence-electron chi connectivity index (χ1n) is 5.13. The highest BCUT2D eigenvalue weighted by Gasteiger charge is 2.20. The molecule has 92 valence electrons. The zero-order chi connectivity index (χ0) is 12.9. The number of carbonyl (C=O) groups is 1. The minimum atomic E-state index is -0.489. The normalized spacial score (nSPS) is 11.4. The number of ether oxygens (including phenoxy) is 1. The van der Waals surface area contributed by atoms with E-state index in [-0.39, 0.29) is 0 Å². The molecule has 0 N–H and O–H groups in total. The predicted molar refractivity (Wildman–Crippen MR) is 66.0 cm³/mol. The van der Waals surface area contributed by atoms with Gasteiger partial charge in [0.2, 0.25) is 0 Å². The van der Waals surface area contributed by atoms with Crippen LogP contribution in [-0.4, -0.2) is 42.6 Å². The van der Waals surface area contributed by atoms with Gasteiger partial charge in [0.15, 0.2) is 0 Å². The van der Waals surface area contributed by atoms with Gasteiger partial charge >= 0.3 is 6.09 Å². The largest absolute Gasteiger partial charge is 0.443 e. The maximum absolute atomic E-state index is 11.6. The van der Waals surface area contributed by atoms with Crippen molar-refractivity contribution >= 4 is 6.09 Å². The highest BCUT2D eigenvalue weighted by Crippen LogP contribution is 2.11. The van der Waals surface area contributed by atoms with Gasteiger partial charge in [-0.25, -0.2) is 4.79 Å². The molecule has 0 heterocycles. The third-order valence-corrected chi connectivity index (χ3v) is 1.66. The standard InChI is InChI=1S/C12H22N2O2/c1-10(8-9-13(5)6)14(7)11(15)16-12(2,3)4/h8-9H,1H2,2-7H3/b9-8-. The van der Waals surface area contributed by atoms with Crippen molar-refractivity contribution in [2.24, 2.45) is 0 Å². The summed E-state index contributed by atoms with van der Waals surface area (Å²) in [6.07, 6.45) is 3.17. The monoisotopic (exact) mass is 226 g/mol. The average Bonchev–Trinajstić information content (AvgIpc) is 2.10. The molecular formula is C12H22N2O2. The topological polar surface area (TPSA) is 32.8 Å². The fraction of sp³-hybridized carbons (Fsp3) is 0.583. The fourth-order valence-corrected chi connectivity index (χ4v) is 0.795.